The Hall–Kier alpha value is -1.66. The summed E-state index contributed by atoms with van der Waals surface area (Å²) >= 11 is 0. The molecule has 0 aliphatic carbocycles. The molecule has 6 nitrogen and oxygen atoms in total. The van der Waals surface area contributed by atoms with E-state index < -0.39 is 12.1 Å². The lowest BCUT2D eigenvalue weighted by Crippen LogP contribution is -2.45. The van der Waals surface area contributed by atoms with E-state index in [0.29, 0.717) is 19.4 Å². The van der Waals surface area contributed by atoms with E-state index in [1.807, 2.05) is 6.08 Å². The van der Waals surface area contributed by atoms with E-state index in [0.717, 1.165) is 44.9 Å². The molecule has 0 fully saturated rings. The van der Waals surface area contributed by atoms with Gasteiger partial charge in [0.15, 0.2) is 0 Å². The molecule has 0 rings (SSSR count). The molecule has 0 radical (unpaired) electrons. The molecule has 0 aromatic rings. The first-order valence-corrected chi connectivity index (χ1v) is 32.1. The van der Waals surface area contributed by atoms with Crippen molar-refractivity contribution in [2.24, 2.45) is 0 Å². The van der Waals surface area contributed by atoms with Gasteiger partial charge in [-0.1, -0.05) is 308 Å². The molecule has 2 unspecified atom stereocenters. The average Bonchev–Trinajstić information content (AvgIpc) is 3.37. The Morgan fingerprint density at radius 1 is 0.380 bits per heavy atom. The number of hydrogen-bond acceptors (Lipinski definition) is 5. The summed E-state index contributed by atoms with van der Waals surface area (Å²) < 4.78 is 5.47. The maximum atomic E-state index is 12.5. The highest BCUT2D eigenvalue weighted by molar-refractivity contribution is 5.76. The fourth-order valence-corrected chi connectivity index (χ4v) is 10.0. The standard InChI is InChI=1S/C65H125NO5/c1-3-5-7-9-11-13-15-17-18-19-24-27-30-34-37-41-45-49-53-57-63(68)62(61-67)66-64(69)58-54-50-46-42-38-35-31-28-25-22-20-21-23-26-29-32-36-40-44-48-52-56-60-71-65(70)59-55-51-47-43-39-33-16-14-12-10-8-6-4-2/h14,16,53,57,62-63,67-68H,3-13,15,17-52,54-56,58-61H2,1-2H3,(H,66,69)/b16-14-,57-53+. The van der Waals surface area contributed by atoms with Crippen molar-refractivity contribution in [1.82, 2.24) is 5.32 Å². The maximum Gasteiger partial charge on any atom is 0.305 e. The van der Waals surface area contributed by atoms with Gasteiger partial charge in [-0.15, -0.1) is 0 Å². The molecule has 71 heavy (non-hydrogen) atoms. The first-order chi connectivity index (χ1) is 35.0. The van der Waals surface area contributed by atoms with Crippen LogP contribution in [0.2, 0.25) is 0 Å². The summed E-state index contributed by atoms with van der Waals surface area (Å²) in [6.45, 7) is 4.91. The predicted molar refractivity (Wildman–Crippen MR) is 310 cm³/mol. The number of unbranched alkanes of at least 4 members (excludes halogenated alkanes) is 47. The number of esters is 1. The van der Waals surface area contributed by atoms with Gasteiger partial charge in [-0.05, 0) is 57.8 Å². The van der Waals surface area contributed by atoms with Crippen molar-refractivity contribution >= 4 is 11.9 Å². The fourth-order valence-electron chi connectivity index (χ4n) is 10.0. The van der Waals surface area contributed by atoms with E-state index in [-0.39, 0.29) is 18.5 Å². The van der Waals surface area contributed by atoms with Gasteiger partial charge in [0.05, 0.1) is 25.4 Å². The highest BCUT2D eigenvalue weighted by Crippen LogP contribution is 2.18. The molecule has 0 spiro atoms. The molecule has 0 saturated heterocycles. The third-order valence-electron chi connectivity index (χ3n) is 15.0. The number of rotatable bonds is 60. The normalized spacial score (nSPS) is 12.7. The largest absolute Gasteiger partial charge is 0.466 e. The van der Waals surface area contributed by atoms with Crippen molar-refractivity contribution in [3.8, 4) is 0 Å². The lowest BCUT2D eigenvalue weighted by atomic mass is 10.0. The lowest BCUT2D eigenvalue weighted by Gasteiger charge is -2.20. The Kier molecular flexibility index (Phi) is 59.5. The van der Waals surface area contributed by atoms with E-state index in [1.54, 1.807) is 6.08 Å². The van der Waals surface area contributed by atoms with Crippen LogP contribution in [0.4, 0.5) is 0 Å². The van der Waals surface area contributed by atoms with Crippen LogP contribution in [0, 0.1) is 0 Å². The summed E-state index contributed by atoms with van der Waals surface area (Å²) in [4.78, 5) is 24.5. The molecular formula is C65H125NO5. The summed E-state index contributed by atoms with van der Waals surface area (Å²) in [6, 6.07) is -0.628. The predicted octanol–water partition coefficient (Wildman–Crippen LogP) is 20.2. The number of carbonyl (C=O) groups excluding carboxylic acids is 2. The third kappa shape index (κ3) is 57.5. The van der Waals surface area contributed by atoms with Crippen molar-refractivity contribution in [2.75, 3.05) is 13.2 Å². The third-order valence-corrected chi connectivity index (χ3v) is 15.0. The van der Waals surface area contributed by atoms with Crippen LogP contribution in [0.25, 0.3) is 0 Å². The van der Waals surface area contributed by atoms with Gasteiger partial charge in [0.25, 0.3) is 0 Å². The molecule has 0 saturated carbocycles. The number of allylic oxidation sites excluding steroid dienone is 3. The van der Waals surface area contributed by atoms with Gasteiger partial charge in [-0.2, -0.15) is 0 Å². The van der Waals surface area contributed by atoms with E-state index in [2.05, 4.69) is 31.3 Å². The highest BCUT2D eigenvalue weighted by atomic mass is 16.5. The van der Waals surface area contributed by atoms with Gasteiger partial charge in [-0.3, -0.25) is 9.59 Å². The minimum Gasteiger partial charge on any atom is -0.466 e. The van der Waals surface area contributed by atoms with Crippen molar-refractivity contribution < 1.29 is 24.5 Å². The minimum atomic E-state index is -0.845. The van der Waals surface area contributed by atoms with Crippen LogP contribution in [0.3, 0.4) is 0 Å². The number of amides is 1. The fraction of sp³-hybridized carbons (Fsp3) is 0.908. The molecule has 420 valence electrons. The number of nitrogens with one attached hydrogen (secondary N) is 1. The molecule has 0 aromatic heterocycles. The molecule has 0 bridgehead atoms. The molecule has 2 atom stereocenters. The van der Waals surface area contributed by atoms with Crippen molar-refractivity contribution in [3.05, 3.63) is 24.3 Å². The summed E-state index contributed by atoms with van der Waals surface area (Å²) in [5, 5.41) is 23.2. The monoisotopic (exact) mass is 1000 g/mol. The molecule has 0 heterocycles. The first-order valence-electron chi connectivity index (χ1n) is 32.1. The second-order valence-electron chi connectivity index (χ2n) is 22.1. The number of aliphatic hydroxyl groups excluding tert-OH is 2. The van der Waals surface area contributed by atoms with Gasteiger partial charge in [-0.25, -0.2) is 0 Å². The van der Waals surface area contributed by atoms with Gasteiger partial charge in [0.2, 0.25) is 5.91 Å². The topological polar surface area (TPSA) is 95.9 Å². The molecule has 6 heteroatoms. The lowest BCUT2D eigenvalue weighted by molar-refractivity contribution is -0.143. The summed E-state index contributed by atoms with van der Waals surface area (Å²) in [5.41, 5.74) is 0. The Morgan fingerprint density at radius 3 is 1.01 bits per heavy atom. The molecule has 3 N–H and O–H groups in total. The Labute approximate surface area is 443 Å². The number of hydrogen-bond donors (Lipinski definition) is 3. The van der Waals surface area contributed by atoms with Crippen molar-refractivity contribution in [2.45, 2.75) is 366 Å². The average molecular weight is 1000 g/mol. The summed E-state index contributed by atoms with van der Waals surface area (Å²) in [5.74, 6) is -0.0613. The summed E-state index contributed by atoms with van der Waals surface area (Å²) in [6.07, 6.45) is 75.1. The number of ether oxygens (including phenoxy) is 1. The quantitative estimate of drug-likeness (QED) is 0.0320. The maximum absolute atomic E-state index is 12.5. The smallest absolute Gasteiger partial charge is 0.305 e. The molecular weight excluding hydrogens is 875 g/mol. The van der Waals surface area contributed by atoms with Gasteiger partial charge in [0, 0.05) is 12.8 Å². The number of carbonyl (C=O) groups is 2. The van der Waals surface area contributed by atoms with E-state index >= 15 is 0 Å². The molecule has 0 aliphatic heterocycles. The van der Waals surface area contributed by atoms with Crippen LogP contribution < -0.4 is 5.32 Å². The van der Waals surface area contributed by atoms with Crippen LogP contribution in [-0.4, -0.2) is 47.4 Å². The Morgan fingerprint density at radius 2 is 0.662 bits per heavy atom. The zero-order chi connectivity index (χ0) is 51.4. The Bertz CT molecular complexity index is 1110. The molecule has 0 aromatic carbocycles. The number of aliphatic hydroxyl groups is 2. The van der Waals surface area contributed by atoms with E-state index in [1.165, 1.54) is 283 Å². The van der Waals surface area contributed by atoms with Crippen LogP contribution in [-0.2, 0) is 14.3 Å². The van der Waals surface area contributed by atoms with Gasteiger partial charge in [0.1, 0.15) is 0 Å². The second kappa shape index (κ2) is 60.9. The van der Waals surface area contributed by atoms with Crippen molar-refractivity contribution in [3.63, 3.8) is 0 Å². The van der Waals surface area contributed by atoms with Crippen LogP contribution in [0.5, 0.6) is 0 Å². The molecule has 0 aliphatic rings. The highest BCUT2D eigenvalue weighted by Gasteiger charge is 2.18. The second-order valence-corrected chi connectivity index (χ2v) is 22.1. The summed E-state index contributed by atoms with van der Waals surface area (Å²) in [7, 11) is 0. The Balaban J connectivity index is 3.41. The zero-order valence-corrected chi connectivity index (χ0v) is 48.0. The minimum absolute atomic E-state index is 0.00389. The molecule has 1 amide bonds. The van der Waals surface area contributed by atoms with Crippen LogP contribution in [0.1, 0.15) is 354 Å². The SMILES string of the molecule is CCCCCC/C=C\CCCCCCCC(=O)OCCCCCCCCCCCCCCCCCCCCCCCCC(=O)NC(CO)C(O)/C=C/CCCCCCCCCCCCCCCCCCC. The van der Waals surface area contributed by atoms with E-state index in [4.69, 9.17) is 4.74 Å². The zero-order valence-electron chi connectivity index (χ0n) is 48.0. The van der Waals surface area contributed by atoms with Crippen LogP contribution in [0.15, 0.2) is 24.3 Å². The van der Waals surface area contributed by atoms with Crippen molar-refractivity contribution in [1.29, 1.82) is 0 Å². The van der Waals surface area contributed by atoms with Gasteiger partial charge >= 0.3 is 5.97 Å². The van der Waals surface area contributed by atoms with Crippen LogP contribution >= 0.6 is 0 Å². The van der Waals surface area contributed by atoms with Gasteiger partial charge < -0.3 is 20.3 Å². The first kappa shape index (κ1) is 69.3. The van der Waals surface area contributed by atoms with E-state index in [9.17, 15) is 19.8 Å².